The van der Waals surface area contributed by atoms with Crippen LogP contribution in [0.5, 0.6) is 0 Å². The maximum atomic E-state index is 12.7. The molecule has 0 bridgehead atoms. The number of thiazole rings is 1. The second-order valence-corrected chi connectivity index (χ2v) is 7.32. The summed E-state index contributed by atoms with van der Waals surface area (Å²) >= 11 is 1.69. The van der Waals surface area contributed by atoms with Gasteiger partial charge in [-0.1, -0.05) is 37.3 Å². The molecular formula is C19H24N2O2S. The molecule has 4 nitrogen and oxygen atoms in total. The molecule has 1 aliphatic rings. The molecule has 1 aromatic heterocycles. The van der Waals surface area contributed by atoms with Crippen molar-refractivity contribution in [3.63, 3.8) is 0 Å². The molecule has 5 heteroatoms. The fourth-order valence-corrected chi connectivity index (χ4v) is 3.89. The molecule has 2 heterocycles. The zero-order valence-corrected chi connectivity index (χ0v) is 14.9. The summed E-state index contributed by atoms with van der Waals surface area (Å²) in [5.74, 6) is 0.480. The van der Waals surface area contributed by atoms with Gasteiger partial charge in [0.25, 0.3) is 0 Å². The molecule has 0 N–H and O–H groups in total. The third kappa shape index (κ3) is 4.42. The molecule has 0 radical (unpaired) electrons. The van der Waals surface area contributed by atoms with Gasteiger partial charge >= 0.3 is 0 Å². The van der Waals surface area contributed by atoms with Gasteiger partial charge in [0.15, 0.2) is 0 Å². The number of likely N-dealkylation sites (tertiary alicyclic amines) is 1. The third-order valence-corrected chi connectivity index (χ3v) is 5.37. The predicted octanol–water partition coefficient (Wildman–Crippen LogP) is 3.70. The van der Waals surface area contributed by atoms with Crippen molar-refractivity contribution in [3.8, 4) is 0 Å². The standard InChI is InChI=1S/C19H24N2O2S/c1-15(13-23-14-16-6-3-2-4-7-16)19(22)21-10-5-8-17(12-21)18-20-9-11-24-18/h2-4,6-7,9,11,15,17H,5,8,10,12-14H2,1H3. The molecule has 2 aromatic rings. The summed E-state index contributed by atoms with van der Waals surface area (Å²) < 4.78 is 5.73. The van der Waals surface area contributed by atoms with Crippen LogP contribution in [-0.4, -0.2) is 35.5 Å². The highest BCUT2D eigenvalue weighted by Gasteiger charge is 2.28. The average molecular weight is 344 g/mol. The minimum absolute atomic E-state index is 0.108. The summed E-state index contributed by atoms with van der Waals surface area (Å²) in [5, 5.41) is 3.16. The van der Waals surface area contributed by atoms with E-state index in [9.17, 15) is 4.79 Å². The lowest BCUT2D eigenvalue weighted by Gasteiger charge is -2.33. The molecule has 1 aromatic carbocycles. The van der Waals surface area contributed by atoms with Crippen LogP contribution < -0.4 is 0 Å². The van der Waals surface area contributed by atoms with Crippen molar-refractivity contribution in [3.05, 3.63) is 52.5 Å². The number of hydrogen-bond donors (Lipinski definition) is 0. The van der Waals surface area contributed by atoms with Crippen LogP contribution in [0.15, 0.2) is 41.9 Å². The number of hydrogen-bond acceptors (Lipinski definition) is 4. The van der Waals surface area contributed by atoms with Crippen molar-refractivity contribution in [2.75, 3.05) is 19.7 Å². The molecule has 1 aliphatic heterocycles. The van der Waals surface area contributed by atoms with Gasteiger partial charge in [0.2, 0.25) is 5.91 Å². The molecule has 0 saturated carbocycles. The molecular weight excluding hydrogens is 320 g/mol. The lowest BCUT2D eigenvalue weighted by Crippen LogP contribution is -2.42. The second kappa shape index (κ2) is 8.40. The molecule has 2 unspecified atom stereocenters. The largest absolute Gasteiger partial charge is 0.376 e. The molecule has 3 rings (SSSR count). The lowest BCUT2D eigenvalue weighted by molar-refractivity contribution is -0.138. The molecule has 1 amide bonds. The lowest BCUT2D eigenvalue weighted by atomic mass is 9.97. The van der Waals surface area contributed by atoms with E-state index in [1.165, 1.54) is 0 Å². The Labute approximate surface area is 147 Å². The highest BCUT2D eigenvalue weighted by molar-refractivity contribution is 7.09. The molecule has 24 heavy (non-hydrogen) atoms. The van der Waals surface area contributed by atoms with Crippen LogP contribution in [-0.2, 0) is 16.1 Å². The topological polar surface area (TPSA) is 42.4 Å². The molecule has 2 atom stereocenters. The van der Waals surface area contributed by atoms with Crippen LogP contribution in [0, 0.1) is 5.92 Å². The first-order valence-corrected chi connectivity index (χ1v) is 9.42. The first kappa shape index (κ1) is 17.1. The SMILES string of the molecule is CC(COCc1ccccc1)C(=O)N1CCCC(c2nccs2)C1. The number of piperidine rings is 1. The number of ether oxygens (including phenoxy) is 1. The molecule has 0 spiro atoms. The van der Waals surface area contributed by atoms with Crippen molar-refractivity contribution < 1.29 is 9.53 Å². The first-order valence-electron chi connectivity index (χ1n) is 8.54. The fourth-order valence-electron chi connectivity index (χ4n) is 3.13. The molecule has 0 aliphatic carbocycles. The van der Waals surface area contributed by atoms with Gasteiger partial charge in [-0.3, -0.25) is 4.79 Å². The number of carbonyl (C=O) groups is 1. The Hall–Kier alpha value is -1.72. The smallest absolute Gasteiger partial charge is 0.227 e. The van der Waals surface area contributed by atoms with Crippen LogP contribution in [0.25, 0.3) is 0 Å². The van der Waals surface area contributed by atoms with E-state index in [0.717, 1.165) is 36.5 Å². The van der Waals surface area contributed by atoms with Crippen LogP contribution in [0.2, 0.25) is 0 Å². The summed E-state index contributed by atoms with van der Waals surface area (Å²) in [7, 11) is 0. The van der Waals surface area contributed by atoms with Crippen molar-refractivity contribution in [2.45, 2.75) is 32.3 Å². The molecule has 128 valence electrons. The summed E-state index contributed by atoms with van der Waals surface area (Å²) in [6, 6.07) is 10.1. The van der Waals surface area contributed by atoms with Crippen LogP contribution >= 0.6 is 11.3 Å². The van der Waals surface area contributed by atoms with Crippen molar-refractivity contribution in [1.29, 1.82) is 0 Å². The van der Waals surface area contributed by atoms with Gasteiger partial charge in [0.1, 0.15) is 0 Å². The Morgan fingerprint density at radius 1 is 1.42 bits per heavy atom. The number of rotatable bonds is 6. The van der Waals surface area contributed by atoms with Gasteiger partial charge < -0.3 is 9.64 Å². The Morgan fingerprint density at radius 3 is 3.00 bits per heavy atom. The first-order chi connectivity index (χ1) is 11.7. The summed E-state index contributed by atoms with van der Waals surface area (Å²) in [6.07, 6.45) is 4.02. The van der Waals surface area contributed by atoms with E-state index >= 15 is 0 Å². The van der Waals surface area contributed by atoms with Gasteiger partial charge in [-0.25, -0.2) is 4.98 Å². The summed E-state index contributed by atoms with van der Waals surface area (Å²) in [4.78, 5) is 19.1. The van der Waals surface area contributed by atoms with E-state index in [4.69, 9.17) is 4.74 Å². The van der Waals surface area contributed by atoms with Crippen LogP contribution in [0.4, 0.5) is 0 Å². The molecule has 1 fully saturated rings. The predicted molar refractivity (Wildman–Crippen MR) is 95.9 cm³/mol. The van der Waals surface area contributed by atoms with Gasteiger partial charge in [0, 0.05) is 30.6 Å². The summed E-state index contributed by atoms with van der Waals surface area (Å²) in [6.45, 7) is 4.62. The zero-order valence-electron chi connectivity index (χ0n) is 14.1. The molecule has 1 saturated heterocycles. The minimum Gasteiger partial charge on any atom is -0.376 e. The van der Waals surface area contributed by atoms with Crippen molar-refractivity contribution in [2.24, 2.45) is 5.92 Å². The maximum Gasteiger partial charge on any atom is 0.227 e. The van der Waals surface area contributed by atoms with Gasteiger partial charge in [-0.2, -0.15) is 0 Å². The summed E-state index contributed by atoms with van der Waals surface area (Å²) in [5.41, 5.74) is 1.14. The van der Waals surface area contributed by atoms with E-state index in [-0.39, 0.29) is 11.8 Å². The number of carbonyl (C=O) groups excluding carboxylic acids is 1. The van der Waals surface area contributed by atoms with Gasteiger partial charge in [-0.05, 0) is 18.4 Å². The third-order valence-electron chi connectivity index (χ3n) is 4.43. The number of nitrogens with zero attached hydrogens (tertiary/aromatic N) is 2. The minimum atomic E-state index is -0.108. The normalized spacial score (nSPS) is 19.2. The number of aromatic nitrogens is 1. The van der Waals surface area contributed by atoms with E-state index in [1.54, 1.807) is 11.3 Å². The Bertz CT molecular complexity index is 630. The Kier molecular flexibility index (Phi) is 5.99. The van der Waals surface area contributed by atoms with Crippen molar-refractivity contribution >= 4 is 17.2 Å². The van der Waals surface area contributed by atoms with E-state index < -0.39 is 0 Å². The monoisotopic (exact) mass is 344 g/mol. The quantitative estimate of drug-likeness (QED) is 0.802. The number of benzene rings is 1. The zero-order chi connectivity index (χ0) is 16.8. The van der Waals surface area contributed by atoms with Crippen LogP contribution in [0.1, 0.15) is 36.3 Å². The van der Waals surface area contributed by atoms with Crippen LogP contribution in [0.3, 0.4) is 0 Å². The van der Waals surface area contributed by atoms with E-state index in [2.05, 4.69) is 4.98 Å². The van der Waals surface area contributed by atoms with E-state index in [0.29, 0.717) is 19.1 Å². The average Bonchev–Trinajstić information content (AvgIpc) is 3.17. The number of amides is 1. The highest BCUT2D eigenvalue weighted by Crippen LogP contribution is 2.28. The van der Waals surface area contributed by atoms with Gasteiger partial charge in [-0.15, -0.1) is 11.3 Å². The Morgan fingerprint density at radius 2 is 2.25 bits per heavy atom. The fraction of sp³-hybridized carbons (Fsp3) is 0.474. The van der Waals surface area contributed by atoms with Gasteiger partial charge in [0.05, 0.1) is 24.1 Å². The van der Waals surface area contributed by atoms with E-state index in [1.807, 2.05) is 53.7 Å². The maximum absolute atomic E-state index is 12.7. The van der Waals surface area contributed by atoms with Crippen molar-refractivity contribution in [1.82, 2.24) is 9.88 Å². The second-order valence-electron chi connectivity index (χ2n) is 6.40. The highest BCUT2D eigenvalue weighted by atomic mass is 32.1. The Balaban J connectivity index is 1.48.